The SMILES string of the molecule is O=C1CN(C(=O)Cn2nnc(-c3ccc(Br)cc3)n2)c2ccccc2N1. The van der Waals surface area contributed by atoms with Gasteiger partial charge in [-0.2, -0.15) is 4.80 Å². The molecule has 0 atom stereocenters. The van der Waals surface area contributed by atoms with Crippen molar-refractivity contribution in [3.8, 4) is 11.4 Å². The Morgan fingerprint density at radius 1 is 1.15 bits per heavy atom. The van der Waals surface area contributed by atoms with Gasteiger partial charge >= 0.3 is 0 Å². The van der Waals surface area contributed by atoms with Crippen molar-refractivity contribution in [2.24, 2.45) is 0 Å². The van der Waals surface area contributed by atoms with Crippen LogP contribution < -0.4 is 10.2 Å². The standard InChI is InChI=1S/C17H13BrN6O2/c18-12-7-5-11(6-8-12)17-20-22-24(21-17)10-16(26)23-9-15(25)19-13-3-1-2-4-14(13)23/h1-8H,9-10H2,(H,19,25). The number of anilines is 2. The molecule has 1 N–H and O–H groups in total. The maximum atomic E-state index is 12.7. The van der Waals surface area contributed by atoms with Crippen molar-refractivity contribution in [2.75, 3.05) is 16.8 Å². The third-order valence-corrected chi connectivity index (χ3v) is 4.43. The van der Waals surface area contributed by atoms with E-state index in [0.717, 1.165) is 10.0 Å². The number of carbonyl (C=O) groups is 2. The molecule has 0 aliphatic carbocycles. The molecule has 130 valence electrons. The lowest BCUT2D eigenvalue weighted by atomic mass is 10.2. The third-order valence-electron chi connectivity index (χ3n) is 3.90. The smallest absolute Gasteiger partial charge is 0.251 e. The lowest BCUT2D eigenvalue weighted by molar-refractivity contribution is -0.122. The van der Waals surface area contributed by atoms with E-state index in [-0.39, 0.29) is 24.9 Å². The number of benzene rings is 2. The zero-order valence-electron chi connectivity index (χ0n) is 13.5. The first kappa shape index (κ1) is 16.4. The van der Waals surface area contributed by atoms with E-state index in [4.69, 9.17) is 0 Å². The average molecular weight is 413 g/mol. The van der Waals surface area contributed by atoms with Crippen molar-refractivity contribution >= 4 is 39.1 Å². The molecule has 0 spiro atoms. The van der Waals surface area contributed by atoms with E-state index in [9.17, 15) is 9.59 Å². The van der Waals surface area contributed by atoms with E-state index in [2.05, 4.69) is 36.7 Å². The Bertz CT molecular complexity index is 985. The van der Waals surface area contributed by atoms with Crippen LogP contribution >= 0.6 is 15.9 Å². The first-order valence-electron chi connectivity index (χ1n) is 7.83. The van der Waals surface area contributed by atoms with E-state index in [0.29, 0.717) is 17.2 Å². The van der Waals surface area contributed by atoms with Gasteiger partial charge in [0.25, 0.3) is 5.91 Å². The Labute approximate surface area is 156 Å². The fraction of sp³-hybridized carbons (Fsp3) is 0.118. The topological polar surface area (TPSA) is 93.0 Å². The predicted octanol–water partition coefficient (Wildman–Crippen LogP) is 2.09. The predicted molar refractivity (Wildman–Crippen MR) is 98.4 cm³/mol. The van der Waals surface area contributed by atoms with Gasteiger partial charge in [-0.05, 0) is 41.6 Å². The van der Waals surface area contributed by atoms with Gasteiger partial charge < -0.3 is 5.32 Å². The van der Waals surface area contributed by atoms with Crippen LogP contribution in [0.4, 0.5) is 11.4 Å². The molecule has 8 nitrogen and oxygen atoms in total. The number of aromatic nitrogens is 4. The van der Waals surface area contributed by atoms with Crippen molar-refractivity contribution in [1.29, 1.82) is 0 Å². The summed E-state index contributed by atoms with van der Waals surface area (Å²) in [6.45, 7) is -0.144. The normalized spacial score (nSPS) is 13.3. The van der Waals surface area contributed by atoms with Gasteiger partial charge in [0, 0.05) is 10.0 Å². The number of halogens is 1. The summed E-state index contributed by atoms with van der Waals surface area (Å²) < 4.78 is 0.950. The summed E-state index contributed by atoms with van der Waals surface area (Å²) in [7, 11) is 0. The minimum atomic E-state index is -0.285. The van der Waals surface area contributed by atoms with Crippen LogP contribution in [0.5, 0.6) is 0 Å². The number of rotatable bonds is 3. The number of hydrogen-bond donors (Lipinski definition) is 1. The van der Waals surface area contributed by atoms with E-state index < -0.39 is 0 Å². The molecule has 2 aromatic carbocycles. The second kappa shape index (κ2) is 6.68. The molecule has 0 bridgehead atoms. The molecular weight excluding hydrogens is 400 g/mol. The Kier molecular flexibility index (Phi) is 4.21. The number of para-hydroxylation sites is 2. The first-order valence-corrected chi connectivity index (χ1v) is 8.62. The molecule has 26 heavy (non-hydrogen) atoms. The number of hydrogen-bond acceptors (Lipinski definition) is 5. The van der Waals surface area contributed by atoms with Crippen LogP contribution in [-0.2, 0) is 16.1 Å². The highest BCUT2D eigenvalue weighted by Crippen LogP contribution is 2.29. The number of nitrogens with zero attached hydrogens (tertiary/aromatic N) is 5. The van der Waals surface area contributed by atoms with Gasteiger partial charge in [0.05, 0.1) is 11.4 Å². The molecule has 0 saturated heterocycles. The molecule has 0 saturated carbocycles. The third kappa shape index (κ3) is 3.21. The largest absolute Gasteiger partial charge is 0.323 e. The molecule has 1 aromatic heterocycles. The number of tetrazole rings is 1. The van der Waals surface area contributed by atoms with Gasteiger partial charge in [0.2, 0.25) is 11.7 Å². The molecule has 1 aliphatic rings. The summed E-state index contributed by atoms with van der Waals surface area (Å²) in [4.78, 5) is 27.2. The molecule has 0 unspecified atom stereocenters. The van der Waals surface area contributed by atoms with Crippen LogP contribution in [-0.4, -0.2) is 38.6 Å². The second-order valence-corrected chi connectivity index (χ2v) is 6.61. The Morgan fingerprint density at radius 2 is 1.92 bits per heavy atom. The van der Waals surface area contributed by atoms with E-state index in [1.807, 2.05) is 30.3 Å². The number of amides is 2. The fourth-order valence-corrected chi connectivity index (χ4v) is 2.95. The van der Waals surface area contributed by atoms with Crippen LogP contribution in [0.1, 0.15) is 0 Å². The number of carbonyl (C=O) groups excluding carboxylic acids is 2. The average Bonchev–Trinajstić information content (AvgIpc) is 3.10. The lowest BCUT2D eigenvalue weighted by Gasteiger charge is -2.28. The number of nitrogens with one attached hydrogen (secondary N) is 1. The van der Waals surface area contributed by atoms with Crippen LogP contribution in [0.3, 0.4) is 0 Å². The summed E-state index contributed by atoms with van der Waals surface area (Å²) in [5.41, 5.74) is 2.07. The van der Waals surface area contributed by atoms with Gasteiger partial charge in [-0.1, -0.05) is 28.1 Å². The monoisotopic (exact) mass is 412 g/mol. The minimum absolute atomic E-state index is 0.0376. The second-order valence-electron chi connectivity index (χ2n) is 5.70. The molecular formula is C17H13BrN6O2. The van der Waals surface area contributed by atoms with Crippen molar-refractivity contribution < 1.29 is 9.59 Å². The van der Waals surface area contributed by atoms with Gasteiger partial charge in [-0.15, -0.1) is 10.2 Å². The molecule has 2 amide bonds. The van der Waals surface area contributed by atoms with Gasteiger partial charge in [-0.3, -0.25) is 14.5 Å². The summed E-state index contributed by atoms with van der Waals surface area (Å²) in [6, 6.07) is 14.6. The fourth-order valence-electron chi connectivity index (χ4n) is 2.69. The zero-order chi connectivity index (χ0) is 18.1. The molecule has 0 fully saturated rings. The van der Waals surface area contributed by atoms with Crippen LogP contribution in [0.2, 0.25) is 0 Å². The Balaban J connectivity index is 1.54. The molecule has 4 rings (SSSR count). The van der Waals surface area contributed by atoms with Crippen molar-refractivity contribution in [2.45, 2.75) is 6.54 Å². The molecule has 0 radical (unpaired) electrons. The Hall–Kier alpha value is -3.07. The quantitative estimate of drug-likeness (QED) is 0.710. The van der Waals surface area contributed by atoms with Crippen molar-refractivity contribution in [3.63, 3.8) is 0 Å². The van der Waals surface area contributed by atoms with Crippen LogP contribution in [0.15, 0.2) is 53.0 Å². The highest BCUT2D eigenvalue weighted by molar-refractivity contribution is 9.10. The molecule has 2 heterocycles. The van der Waals surface area contributed by atoms with Crippen LogP contribution in [0.25, 0.3) is 11.4 Å². The molecule has 3 aromatic rings. The van der Waals surface area contributed by atoms with Crippen LogP contribution in [0, 0.1) is 0 Å². The minimum Gasteiger partial charge on any atom is -0.323 e. The van der Waals surface area contributed by atoms with Gasteiger partial charge in [-0.25, -0.2) is 0 Å². The van der Waals surface area contributed by atoms with E-state index >= 15 is 0 Å². The van der Waals surface area contributed by atoms with Gasteiger partial charge in [0.1, 0.15) is 13.1 Å². The highest BCUT2D eigenvalue weighted by Gasteiger charge is 2.27. The maximum Gasteiger partial charge on any atom is 0.251 e. The van der Waals surface area contributed by atoms with Crippen molar-refractivity contribution in [1.82, 2.24) is 20.2 Å². The van der Waals surface area contributed by atoms with Crippen molar-refractivity contribution in [3.05, 3.63) is 53.0 Å². The highest BCUT2D eigenvalue weighted by atomic mass is 79.9. The molecule has 9 heteroatoms. The summed E-state index contributed by atoms with van der Waals surface area (Å²) >= 11 is 3.37. The summed E-state index contributed by atoms with van der Waals surface area (Å²) in [5.74, 6) is -0.0895. The zero-order valence-corrected chi connectivity index (χ0v) is 15.0. The Morgan fingerprint density at radius 3 is 2.73 bits per heavy atom. The maximum absolute atomic E-state index is 12.7. The number of fused-ring (bicyclic) bond motifs is 1. The summed E-state index contributed by atoms with van der Waals surface area (Å²) in [5, 5.41) is 14.9. The first-order chi connectivity index (χ1) is 12.6. The molecule has 1 aliphatic heterocycles. The van der Waals surface area contributed by atoms with E-state index in [1.165, 1.54) is 9.70 Å². The van der Waals surface area contributed by atoms with Gasteiger partial charge in [0.15, 0.2) is 0 Å². The summed E-state index contributed by atoms with van der Waals surface area (Å²) in [6.07, 6.45) is 0. The van der Waals surface area contributed by atoms with E-state index in [1.54, 1.807) is 18.2 Å². The lowest BCUT2D eigenvalue weighted by Crippen LogP contribution is -2.43.